The van der Waals surface area contributed by atoms with E-state index in [-0.39, 0.29) is 0 Å². The molecule has 0 fully saturated rings. The maximum absolute atomic E-state index is 6.49. The monoisotopic (exact) mass is 650 g/mol. The summed E-state index contributed by atoms with van der Waals surface area (Å²) in [5.41, 5.74) is 11.0. The lowest BCUT2D eigenvalue weighted by atomic mass is 9.96. The highest BCUT2D eigenvalue weighted by atomic mass is 16.3. The Bertz CT molecular complexity index is 2910. The molecule has 8 aromatic carbocycles. The summed E-state index contributed by atoms with van der Waals surface area (Å²) in [6.07, 6.45) is 0. The van der Waals surface area contributed by atoms with Gasteiger partial charge in [0.1, 0.15) is 11.2 Å². The molecular weight excluding hydrogens is 621 g/mol. The Labute approximate surface area is 295 Å². The maximum Gasteiger partial charge on any atom is 0.160 e. The molecule has 2 heterocycles. The van der Waals surface area contributed by atoms with E-state index in [1.807, 2.05) is 18.2 Å². The standard InChI is InChI=1S/C48H30N2O/c1-3-11-31(12-4-1)35-20-21-37-27-39(24-22-36(37)25-35)44-30-43(38-23-19-32-13-7-8-16-34(32)26-38)49-48(50-44)40-28-42(33-14-5-2-6-15-33)47-41-17-9-10-18-45(41)51-46(47)29-40/h1-30H. The second-order valence-electron chi connectivity index (χ2n) is 13.0. The lowest BCUT2D eigenvalue weighted by Gasteiger charge is -2.12. The van der Waals surface area contributed by atoms with Crippen LogP contribution in [0.5, 0.6) is 0 Å². The van der Waals surface area contributed by atoms with Gasteiger partial charge in [-0.25, -0.2) is 9.97 Å². The van der Waals surface area contributed by atoms with E-state index in [0.717, 1.165) is 66.5 Å². The summed E-state index contributed by atoms with van der Waals surface area (Å²) in [6.45, 7) is 0. The molecule has 0 aliphatic rings. The summed E-state index contributed by atoms with van der Waals surface area (Å²) < 4.78 is 6.49. The van der Waals surface area contributed by atoms with Crippen molar-refractivity contribution >= 4 is 43.5 Å². The molecule has 0 saturated heterocycles. The molecule has 0 saturated carbocycles. The minimum absolute atomic E-state index is 0.648. The van der Waals surface area contributed by atoms with Crippen molar-refractivity contribution in [2.45, 2.75) is 0 Å². The Morgan fingerprint density at radius 3 is 1.61 bits per heavy atom. The van der Waals surface area contributed by atoms with Gasteiger partial charge in [0.15, 0.2) is 5.82 Å². The van der Waals surface area contributed by atoms with Crippen LogP contribution >= 0.6 is 0 Å². The highest BCUT2D eigenvalue weighted by molar-refractivity contribution is 6.13. The van der Waals surface area contributed by atoms with Crippen LogP contribution in [0.15, 0.2) is 186 Å². The molecule has 0 unspecified atom stereocenters. The van der Waals surface area contributed by atoms with Crippen LogP contribution in [0.3, 0.4) is 0 Å². The van der Waals surface area contributed by atoms with Crippen molar-refractivity contribution in [2.75, 3.05) is 0 Å². The van der Waals surface area contributed by atoms with Gasteiger partial charge < -0.3 is 4.42 Å². The average molecular weight is 651 g/mol. The molecule has 2 aromatic heterocycles. The van der Waals surface area contributed by atoms with Crippen LogP contribution in [-0.2, 0) is 0 Å². The molecule has 0 N–H and O–H groups in total. The molecule has 3 heteroatoms. The van der Waals surface area contributed by atoms with Crippen molar-refractivity contribution in [1.82, 2.24) is 9.97 Å². The Balaban J connectivity index is 1.18. The Morgan fingerprint density at radius 2 is 0.882 bits per heavy atom. The topological polar surface area (TPSA) is 38.9 Å². The number of furan rings is 1. The smallest absolute Gasteiger partial charge is 0.160 e. The van der Waals surface area contributed by atoms with Crippen molar-refractivity contribution in [3.63, 3.8) is 0 Å². The Hall–Kier alpha value is -6.84. The van der Waals surface area contributed by atoms with Crippen LogP contribution in [0.2, 0.25) is 0 Å². The average Bonchev–Trinajstić information content (AvgIpc) is 3.59. The molecule has 0 atom stereocenters. The number of fused-ring (bicyclic) bond motifs is 5. The Kier molecular flexibility index (Phi) is 6.81. The van der Waals surface area contributed by atoms with Gasteiger partial charge in [-0.2, -0.15) is 0 Å². The Morgan fingerprint density at radius 1 is 0.333 bits per heavy atom. The first-order chi connectivity index (χ1) is 25.2. The van der Waals surface area contributed by atoms with Crippen molar-refractivity contribution in [3.8, 4) is 56.2 Å². The zero-order valence-corrected chi connectivity index (χ0v) is 27.6. The highest BCUT2D eigenvalue weighted by Gasteiger charge is 2.18. The second-order valence-corrected chi connectivity index (χ2v) is 13.0. The van der Waals surface area contributed by atoms with E-state index in [2.05, 4.69) is 164 Å². The molecule has 0 aliphatic heterocycles. The molecule has 0 aliphatic carbocycles. The fourth-order valence-corrected chi connectivity index (χ4v) is 7.26. The quantitative estimate of drug-likeness (QED) is 0.186. The lowest BCUT2D eigenvalue weighted by molar-refractivity contribution is 0.669. The van der Waals surface area contributed by atoms with Crippen molar-refractivity contribution in [3.05, 3.63) is 182 Å². The summed E-state index contributed by atoms with van der Waals surface area (Å²) in [5, 5.41) is 6.91. The van der Waals surface area contributed by atoms with Gasteiger partial charge in [0.25, 0.3) is 0 Å². The van der Waals surface area contributed by atoms with Crippen LogP contribution in [0.4, 0.5) is 0 Å². The van der Waals surface area contributed by atoms with E-state index in [9.17, 15) is 0 Å². The van der Waals surface area contributed by atoms with E-state index < -0.39 is 0 Å². The molecular formula is C48H30N2O. The van der Waals surface area contributed by atoms with Crippen LogP contribution in [0, 0.1) is 0 Å². The summed E-state index contributed by atoms with van der Waals surface area (Å²) in [5.74, 6) is 0.648. The van der Waals surface area contributed by atoms with Gasteiger partial charge in [-0.3, -0.25) is 0 Å². The van der Waals surface area contributed by atoms with Gasteiger partial charge in [-0.15, -0.1) is 0 Å². The van der Waals surface area contributed by atoms with E-state index in [0.29, 0.717) is 5.82 Å². The van der Waals surface area contributed by atoms with Crippen LogP contribution in [0.25, 0.3) is 99.6 Å². The number of para-hydroxylation sites is 1. The van der Waals surface area contributed by atoms with Gasteiger partial charge in [0.2, 0.25) is 0 Å². The third-order valence-corrected chi connectivity index (χ3v) is 9.84. The highest BCUT2D eigenvalue weighted by Crippen LogP contribution is 2.40. The first-order valence-corrected chi connectivity index (χ1v) is 17.2. The largest absolute Gasteiger partial charge is 0.456 e. The predicted octanol–water partition coefficient (Wildman–Crippen LogP) is 13.0. The maximum atomic E-state index is 6.49. The lowest BCUT2D eigenvalue weighted by Crippen LogP contribution is -1.97. The molecule has 0 radical (unpaired) electrons. The van der Waals surface area contributed by atoms with Crippen LogP contribution in [-0.4, -0.2) is 9.97 Å². The number of hydrogen-bond donors (Lipinski definition) is 0. The zero-order chi connectivity index (χ0) is 33.7. The first-order valence-electron chi connectivity index (χ1n) is 17.2. The second kappa shape index (κ2) is 11.9. The number of benzene rings is 8. The molecule has 51 heavy (non-hydrogen) atoms. The summed E-state index contributed by atoms with van der Waals surface area (Å²) in [7, 11) is 0. The molecule has 238 valence electrons. The van der Waals surface area contributed by atoms with Gasteiger partial charge in [-0.1, -0.05) is 140 Å². The van der Waals surface area contributed by atoms with E-state index in [1.165, 1.54) is 27.3 Å². The van der Waals surface area contributed by atoms with Gasteiger partial charge >= 0.3 is 0 Å². The third-order valence-electron chi connectivity index (χ3n) is 9.84. The fraction of sp³-hybridized carbons (Fsp3) is 0. The molecule has 10 rings (SSSR count). The van der Waals surface area contributed by atoms with Crippen LogP contribution < -0.4 is 0 Å². The summed E-state index contributed by atoms with van der Waals surface area (Å²) >= 11 is 0. The first kappa shape index (κ1) is 29.1. The summed E-state index contributed by atoms with van der Waals surface area (Å²) in [6, 6.07) is 63.9. The molecule has 0 spiro atoms. The fourth-order valence-electron chi connectivity index (χ4n) is 7.26. The number of rotatable bonds is 5. The molecule has 10 aromatic rings. The normalized spacial score (nSPS) is 11.5. The summed E-state index contributed by atoms with van der Waals surface area (Å²) in [4.78, 5) is 10.5. The zero-order valence-electron chi connectivity index (χ0n) is 27.6. The van der Waals surface area contributed by atoms with Crippen molar-refractivity contribution in [2.24, 2.45) is 0 Å². The van der Waals surface area contributed by atoms with Gasteiger partial charge in [0.05, 0.1) is 11.4 Å². The van der Waals surface area contributed by atoms with Crippen molar-refractivity contribution < 1.29 is 4.42 Å². The molecule has 3 nitrogen and oxygen atoms in total. The van der Waals surface area contributed by atoms with E-state index in [4.69, 9.17) is 14.4 Å². The van der Waals surface area contributed by atoms with Gasteiger partial charge in [0, 0.05) is 27.5 Å². The number of nitrogens with zero attached hydrogens (tertiary/aromatic N) is 2. The van der Waals surface area contributed by atoms with E-state index >= 15 is 0 Å². The van der Waals surface area contributed by atoms with E-state index in [1.54, 1.807) is 0 Å². The predicted molar refractivity (Wildman–Crippen MR) is 212 cm³/mol. The molecule has 0 amide bonds. The number of hydrogen-bond acceptors (Lipinski definition) is 3. The third kappa shape index (κ3) is 5.24. The minimum Gasteiger partial charge on any atom is -0.456 e. The molecule has 0 bridgehead atoms. The van der Waals surface area contributed by atoms with Gasteiger partial charge in [-0.05, 0) is 86.3 Å². The SMILES string of the molecule is c1ccc(-c2ccc3cc(-c4cc(-c5ccc6ccccc6c5)nc(-c5cc(-c6ccccc6)c6c(c5)oc5ccccc56)n4)ccc3c2)cc1. The minimum atomic E-state index is 0.648. The van der Waals surface area contributed by atoms with Crippen LogP contribution in [0.1, 0.15) is 0 Å². The van der Waals surface area contributed by atoms with Crippen molar-refractivity contribution in [1.29, 1.82) is 0 Å². The number of aromatic nitrogens is 2.